The van der Waals surface area contributed by atoms with Crippen LogP contribution in [0.1, 0.15) is 18.5 Å². The van der Waals surface area contributed by atoms with E-state index in [4.69, 9.17) is 4.52 Å². The van der Waals surface area contributed by atoms with Crippen molar-refractivity contribution in [3.05, 3.63) is 36.5 Å². The average Bonchev–Trinajstić information content (AvgIpc) is 2.95. The van der Waals surface area contributed by atoms with Crippen molar-refractivity contribution in [2.45, 2.75) is 19.8 Å². The van der Waals surface area contributed by atoms with Crippen LogP contribution in [0.25, 0.3) is 11.0 Å². The summed E-state index contributed by atoms with van der Waals surface area (Å²) in [5, 5.41) is 7.71. The highest BCUT2D eigenvalue weighted by molar-refractivity contribution is 5.96. The van der Waals surface area contributed by atoms with E-state index in [9.17, 15) is 9.59 Å². The standard InChI is InChI=1S/C17H19N3O3/c1-3-16(21)20-8-4-5-12(10-20)17(22)18-13-6-7-15-14(9-13)11(2)19-23-15/h3,6-7,9,12H,1,4-5,8,10H2,2H3,(H,18,22)/t12-/m0/s1. The molecule has 0 unspecified atom stereocenters. The number of fused-ring (bicyclic) bond motifs is 1. The molecule has 0 spiro atoms. The highest BCUT2D eigenvalue weighted by atomic mass is 16.5. The molecular weight excluding hydrogens is 294 g/mol. The van der Waals surface area contributed by atoms with Gasteiger partial charge in [-0.1, -0.05) is 11.7 Å². The van der Waals surface area contributed by atoms with Crippen LogP contribution in [0.15, 0.2) is 35.4 Å². The van der Waals surface area contributed by atoms with E-state index in [0.29, 0.717) is 24.4 Å². The minimum absolute atomic E-state index is 0.0694. The molecule has 120 valence electrons. The fourth-order valence-corrected chi connectivity index (χ4v) is 2.90. The minimum atomic E-state index is -0.202. The lowest BCUT2D eigenvalue weighted by molar-refractivity contribution is -0.130. The Labute approximate surface area is 134 Å². The summed E-state index contributed by atoms with van der Waals surface area (Å²) < 4.78 is 5.16. The SMILES string of the molecule is C=CC(=O)N1CCC[C@H](C(=O)Nc2ccc3onc(C)c3c2)C1. The number of likely N-dealkylation sites (tertiary alicyclic amines) is 1. The number of benzene rings is 1. The molecule has 6 nitrogen and oxygen atoms in total. The van der Waals surface area contributed by atoms with Gasteiger partial charge < -0.3 is 14.7 Å². The van der Waals surface area contributed by atoms with E-state index in [2.05, 4.69) is 17.1 Å². The molecule has 1 saturated heterocycles. The zero-order chi connectivity index (χ0) is 16.4. The first-order chi connectivity index (χ1) is 11.1. The van der Waals surface area contributed by atoms with Gasteiger partial charge in [0, 0.05) is 24.2 Å². The minimum Gasteiger partial charge on any atom is -0.356 e. The number of piperidine rings is 1. The molecule has 6 heteroatoms. The highest BCUT2D eigenvalue weighted by Gasteiger charge is 2.27. The predicted molar refractivity (Wildman–Crippen MR) is 86.9 cm³/mol. The normalized spacial score (nSPS) is 18.0. The van der Waals surface area contributed by atoms with Crippen molar-refractivity contribution in [2.75, 3.05) is 18.4 Å². The highest BCUT2D eigenvalue weighted by Crippen LogP contribution is 2.24. The maximum atomic E-state index is 12.5. The van der Waals surface area contributed by atoms with Gasteiger partial charge in [-0.3, -0.25) is 9.59 Å². The Bertz CT molecular complexity index is 766. The van der Waals surface area contributed by atoms with Gasteiger partial charge in [0.05, 0.1) is 11.6 Å². The third-order valence-corrected chi connectivity index (χ3v) is 4.20. The van der Waals surface area contributed by atoms with Crippen LogP contribution in [0.3, 0.4) is 0 Å². The average molecular weight is 313 g/mol. The van der Waals surface area contributed by atoms with Gasteiger partial charge in [0.25, 0.3) is 0 Å². The van der Waals surface area contributed by atoms with Crippen LogP contribution in [0.2, 0.25) is 0 Å². The molecule has 1 fully saturated rings. The van der Waals surface area contributed by atoms with Crippen molar-refractivity contribution in [1.29, 1.82) is 0 Å². The summed E-state index contributed by atoms with van der Waals surface area (Å²) in [4.78, 5) is 25.9. The van der Waals surface area contributed by atoms with Crippen molar-refractivity contribution >= 4 is 28.5 Å². The van der Waals surface area contributed by atoms with Crippen LogP contribution >= 0.6 is 0 Å². The number of anilines is 1. The largest absolute Gasteiger partial charge is 0.356 e. The Morgan fingerprint density at radius 2 is 2.30 bits per heavy atom. The molecule has 1 aliphatic heterocycles. The van der Waals surface area contributed by atoms with Crippen LogP contribution in [0, 0.1) is 12.8 Å². The van der Waals surface area contributed by atoms with Crippen molar-refractivity contribution in [2.24, 2.45) is 5.92 Å². The van der Waals surface area contributed by atoms with Gasteiger partial charge in [-0.25, -0.2) is 0 Å². The summed E-state index contributed by atoms with van der Waals surface area (Å²) in [5.41, 5.74) is 2.19. The first-order valence-electron chi connectivity index (χ1n) is 7.66. The van der Waals surface area contributed by atoms with E-state index in [1.807, 2.05) is 13.0 Å². The molecule has 0 radical (unpaired) electrons. The Hall–Kier alpha value is -2.63. The number of amides is 2. The molecule has 0 bridgehead atoms. The third kappa shape index (κ3) is 3.11. The number of aryl methyl sites for hydroxylation is 1. The molecule has 0 saturated carbocycles. The summed E-state index contributed by atoms with van der Waals surface area (Å²) >= 11 is 0. The first kappa shape index (κ1) is 15.3. The fraction of sp³-hybridized carbons (Fsp3) is 0.353. The van der Waals surface area contributed by atoms with E-state index in [0.717, 1.165) is 23.9 Å². The number of aromatic nitrogens is 1. The quantitative estimate of drug-likeness (QED) is 0.883. The zero-order valence-electron chi connectivity index (χ0n) is 13.0. The molecule has 1 aromatic carbocycles. The summed E-state index contributed by atoms with van der Waals surface area (Å²) in [6.07, 6.45) is 2.89. The van der Waals surface area contributed by atoms with E-state index in [1.165, 1.54) is 6.08 Å². The van der Waals surface area contributed by atoms with Gasteiger partial charge >= 0.3 is 0 Å². The molecule has 1 aliphatic rings. The molecule has 2 amide bonds. The van der Waals surface area contributed by atoms with Crippen molar-refractivity contribution in [3.8, 4) is 0 Å². The molecule has 23 heavy (non-hydrogen) atoms. The Balaban J connectivity index is 1.71. The van der Waals surface area contributed by atoms with Gasteiger partial charge in [0.2, 0.25) is 11.8 Å². The lowest BCUT2D eigenvalue weighted by Gasteiger charge is -2.31. The number of nitrogens with one attached hydrogen (secondary N) is 1. The molecule has 3 rings (SSSR count). The molecular formula is C17H19N3O3. The van der Waals surface area contributed by atoms with Gasteiger partial charge in [-0.15, -0.1) is 0 Å². The van der Waals surface area contributed by atoms with Gasteiger partial charge in [0.15, 0.2) is 5.58 Å². The van der Waals surface area contributed by atoms with Crippen molar-refractivity contribution in [3.63, 3.8) is 0 Å². The summed E-state index contributed by atoms with van der Waals surface area (Å²) in [7, 11) is 0. The van der Waals surface area contributed by atoms with E-state index >= 15 is 0 Å². The van der Waals surface area contributed by atoms with Gasteiger partial charge in [-0.2, -0.15) is 0 Å². The molecule has 0 aliphatic carbocycles. The van der Waals surface area contributed by atoms with Crippen LogP contribution < -0.4 is 5.32 Å². The number of carbonyl (C=O) groups is 2. The van der Waals surface area contributed by atoms with Gasteiger partial charge in [0.1, 0.15) is 0 Å². The Kier molecular flexibility index (Phi) is 4.14. The molecule has 1 N–H and O–H groups in total. The Morgan fingerprint density at radius 3 is 3.09 bits per heavy atom. The smallest absolute Gasteiger partial charge is 0.245 e. The van der Waals surface area contributed by atoms with Crippen LogP contribution in [-0.4, -0.2) is 35.0 Å². The zero-order valence-corrected chi connectivity index (χ0v) is 13.0. The number of hydrogen-bond donors (Lipinski definition) is 1. The van der Waals surface area contributed by atoms with E-state index in [1.54, 1.807) is 17.0 Å². The topological polar surface area (TPSA) is 75.4 Å². The van der Waals surface area contributed by atoms with E-state index < -0.39 is 0 Å². The molecule has 2 heterocycles. The number of carbonyl (C=O) groups excluding carboxylic acids is 2. The van der Waals surface area contributed by atoms with Crippen molar-refractivity contribution < 1.29 is 14.1 Å². The Morgan fingerprint density at radius 1 is 1.48 bits per heavy atom. The molecule has 2 aromatic rings. The maximum absolute atomic E-state index is 12.5. The molecule has 1 aromatic heterocycles. The predicted octanol–water partition coefficient (Wildman–Crippen LogP) is 2.50. The second-order valence-corrected chi connectivity index (χ2v) is 5.80. The first-order valence-corrected chi connectivity index (χ1v) is 7.66. The van der Waals surface area contributed by atoms with Crippen LogP contribution in [0.4, 0.5) is 5.69 Å². The van der Waals surface area contributed by atoms with Gasteiger partial charge in [-0.05, 0) is 44.0 Å². The summed E-state index contributed by atoms with van der Waals surface area (Å²) in [6.45, 7) is 6.47. The monoisotopic (exact) mass is 313 g/mol. The number of nitrogens with zero attached hydrogens (tertiary/aromatic N) is 2. The van der Waals surface area contributed by atoms with Crippen LogP contribution in [0.5, 0.6) is 0 Å². The van der Waals surface area contributed by atoms with Crippen LogP contribution in [-0.2, 0) is 9.59 Å². The second kappa shape index (κ2) is 6.24. The third-order valence-electron chi connectivity index (χ3n) is 4.20. The fourth-order valence-electron chi connectivity index (χ4n) is 2.90. The lowest BCUT2D eigenvalue weighted by atomic mass is 9.97. The summed E-state index contributed by atoms with van der Waals surface area (Å²) in [5.74, 6) is -0.393. The lowest BCUT2D eigenvalue weighted by Crippen LogP contribution is -2.43. The summed E-state index contributed by atoms with van der Waals surface area (Å²) in [6, 6.07) is 5.44. The number of rotatable bonds is 3. The molecule has 1 atom stereocenters. The number of hydrogen-bond acceptors (Lipinski definition) is 4. The maximum Gasteiger partial charge on any atom is 0.245 e. The van der Waals surface area contributed by atoms with Crippen molar-refractivity contribution in [1.82, 2.24) is 10.1 Å². The second-order valence-electron chi connectivity index (χ2n) is 5.80. The van der Waals surface area contributed by atoms with E-state index in [-0.39, 0.29) is 17.7 Å².